The third-order valence-electron chi connectivity index (χ3n) is 1.54. The summed E-state index contributed by atoms with van der Waals surface area (Å²) in [6.45, 7) is 4.25. The van der Waals surface area contributed by atoms with Crippen molar-refractivity contribution in [2.45, 2.75) is 13.3 Å². The van der Waals surface area contributed by atoms with Gasteiger partial charge in [0.15, 0.2) is 0 Å². The van der Waals surface area contributed by atoms with Crippen LogP contribution in [0.15, 0.2) is 12.2 Å². The zero-order valence-corrected chi connectivity index (χ0v) is 7.11. The Bertz CT molecular complexity index is 252. The number of hydrogen-bond acceptors (Lipinski definition) is 3. The largest absolute Gasteiger partial charge is 0.481 e. The molecule has 1 unspecified atom stereocenters. The minimum atomic E-state index is -1.32. The lowest BCUT2D eigenvalue weighted by molar-refractivity contribution is -0.145. The van der Waals surface area contributed by atoms with Crippen molar-refractivity contribution in [1.82, 2.24) is 0 Å². The van der Waals surface area contributed by atoms with Crippen LogP contribution in [0.3, 0.4) is 0 Å². The first-order valence-electron chi connectivity index (χ1n) is 3.50. The number of carboxylic acids is 2. The lowest BCUT2D eigenvalue weighted by Crippen LogP contribution is -2.23. The third kappa shape index (κ3) is 3.50. The van der Waals surface area contributed by atoms with Crippen molar-refractivity contribution in [3.63, 3.8) is 0 Å². The predicted molar refractivity (Wildman–Crippen MR) is 43.2 cm³/mol. The molecule has 0 heterocycles. The number of carboxylic acid groups (broad SMARTS) is 2. The first kappa shape index (κ1) is 11.4. The summed E-state index contributed by atoms with van der Waals surface area (Å²) in [7, 11) is 0. The Hall–Kier alpha value is -1.65. The monoisotopic (exact) mass is 186 g/mol. The zero-order valence-electron chi connectivity index (χ0n) is 7.11. The van der Waals surface area contributed by atoms with Crippen molar-refractivity contribution in [2.75, 3.05) is 0 Å². The molecule has 0 aromatic heterocycles. The van der Waals surface area contributed by atoms with Crippen LogP contribution in [-0.2, 0) is 14.4 Å². The van der Waals surface area contributed by atoms with Gasteiger partial charge in [0.05, 0.1) is 0 Å². The molecule has 5 nitrogen and oxygen atoms in total. The standard InChI is InChI=1S/C8H10O5/c1-4(7(10)11)3-6(5(2)9)8(12)13/h6H,1,3H2,2H3,(H,10,11)(H,12,13). The summed E-state index contributed by atoms with van der Waals surface area (Å²) in [6.07, 6.45) is -0.347. The highest BCUT2D eigenvalue weighted by Gasteiger charge is 2.25. The number of rotatable bonds is 5. The van der Waals surface area contributed by atoms with Crippen molar-refractivity contribution in [2.24, 2.45) is 5.92 Å². The number of carbonyl (C=O) groups is 3. The molecule has 0 radical (unpaired) electrons. The maximum absolute atomic E-state index is 10.7. The van der Waals surface area contributed by atoms with Gasteiger partial charge < -0.3 is 10.2 Å². The molecule has 0 fully saturated rings. The van der Waals surface area contributed by atoms with Crippen LogP contribution in [0, 0.1) is 5.92 Å². The topological polar surface area (TPSA) is 91.7 Å². The van der Waals surface area contributed by atoms with Crippen molar-refractivity contribution in [3.05, 3.63) is 12.2 Å². The van der Waals surface area contributed by atoms with Crippen molar-refractivity contribution >= 4 is 17.7 Å². The van der Waals surface area contributed by atoms with Crippen molar-refractivity contribution in [1.29, 1.82) is 0 Å². The van der Waals surface area contributed by atoms with E-state index in [1.54, 1.807) is 0 Å². The summed E-state index contributed by atoms with van der Waals surface area (Å²) < 4.78 is 0. The summed E-state index contributed by atoms with van der Waals surface area (Å²) in [5.74, 6) is -4.49. The summed E-state index contributed by atoms with van der Waals surface area (Å²) in [5.41, 5.74) is -0.275. The van der Waals surface area contributed by atoms with Gasteiger partial charge in [-0.1, -0.05) is 6.58 Å². The van der Waals surface area contributed by atoms with Gasteiger partial charge in [-0.05, 0) is 13.3 Å². The molecule has 0 aromatic carbocycles. The zero-order chi connectivity index (χ0) is 10.6. The van der Waals surface area contributed by atoms with E-state index < -0.39 is 23.6 Å². The maximum atomic E-state index is 10.7. The van der Waals surface area contributed by atoms with Crippen LogP contribution in [0.25, 0.3) is 0 Å². The normalized spacial score (nSPS) is 11.8. The Kier molecular flexibility index (Phi) is 3.84. The molecule has 0 aliphatic heterocycles. The predicted octanol–water partition coefficient (Wildman–Crippen LogP) is 0.307. The van der Waals surface area contributed by atoms with Gasteiger partial charge in [0.25, 0.3) is 0 Å². The van der Waals surface area contributed by atoms with E-state index in [-0.39, 0.29) is 12.0 Å². The Morgan fingerprint density at radius 1 is 1.31 bits per heavy atom. The van der Waals surface area contributed by atoms with E-state index in [4.69, 9.17) is 10.2 Å². The molecule has 0 spiro atoms. The Labute approximate surface area is 74.7 Å². The smallest absolute Gasteiger partial charge is 0.330 e. The van der Waals surface area contributed by atoms with E-state index in [9.17, 15) is 14.4 Å². The Morgan fingerprint density at radius 2 is 1.77 bits per heavy atom. The molecule has 0 saturated carbocycles. The van der Waals surface area contributed by atoms with Gasteiger partial charge in [-0.15, -0.1) is 0 Å². The SMILES string of the molecule is C=C(CC(C(C)=O)C(=O)O)C(=O)O. The highest BCUT2D eigenvalue weighted by atomic mass is 16.4. The van der Waals surface area contributed by atoms with Crippen LogP contribution >= 0.6 is 0 Å². The first-order valence-corrected chi connectivity index (χ1v) is 3.50. The molecule has 0 aliphatic rings. The number of Topliss-reactive ketones (excluding diaryl/α,β-unsaturated/α-hetero) is 1. The van der Waals surface area contributed by atoms with Gasteiger partial charge in [0.1, 0.15) is 11.7 Å². The summed E-state index contributed by atoms with van der Waals surface area (Å²) in [4.78, 5) is 31.4. The van der Waals surface area contributed by atoms with E-state index >= 15 is 0 Å². The van der Waals surface area contributed by atoms with Crippen LogP contribution in [-0.4, -0.2) is 27.9 Å². The number of aliphatic carboxylic acids is 2. The van der Waals surface area contributed by atoms with E-state index in [0.717, 1.165) is 6.92 Å². The lowest BCUT2D eigenvalue weighted by atomic mass is 9.97. The van der Waals surface area contributed by atoms with Crippen molar-refractivity contribution < 1.29 is 24.6 Å². The van der Waals surface area contributed by atoms with Gasteiger partial charge in [-0.25, -0.2) is 4.79 Å². The van der Waals surface area contributed by atoms with E-state index in [1.165, 1.54) is 0 Å². The number of ketones is 1. The van der Waals surface area contributed by atoms with Gasteiger partial charge in [-0.2, -0.15) is 0 Å². The summed E-state index contributed by atoms with van der Waals surface area (Å²) in [5, 5.41) is 16.9. The highest BCUT2D eigenvalue weighted by molar-refractivity contribution is 5.98. The van der Waals surface area contributed by atoms with Crippen LogP contribution < -0.4 is 0 Å². The van der Waals surface area contributed by atoms with Crippen LogP contribution in [0.4, 0.5) is 0 Å². The lowest BCUT2D eigenvalue weighted by Gasteiger charge is -2.07. The molecule has 0 aliphatic carbocycles. The molecule has 1 atom stereocenters. The second-order valence-corrected chi connectivity index (χ2v) is 2.61. The number of hydrogen-bond donors (Lipinski definition) is 2. The minimum Gasteiger partial charge on any atom is -0.481 e. The second-order valence-electron chi connectivity index (χ2n) is 2.61. The molecular formula is C8H10O5. The van der Waals surface area contributed by atoms with Gasteiger partial charge in [0.2, 0.25) is 0 Å². The molecule has 5 heteroatoms. The quantitative estimate of drug-likeness (QED) is 0.476. The van der Waals surface area contributed by atoms with Crippen molar-refractivity contribution in [3.8, 4) is 0 Å². The molecule has 0 rings (SSSR count). The van der Waals surface area contributed by atoms with E-state index in [2.05, 4.69) is 6.58 Å². The van der Waals surface area contributed by atoms with Crippen LogP contribution in [0.2, 0.25) is 0 Å². The van der Waals surface area contributed by atoms with Gasteiger partial charge in [0, 0.05) is 5.57 Å². The Balaban J connectivity index is 4.45. The van der Waals surface area contributed by atoms with Crippen LogP contribution in [0.5, 0.6) is 0 Å². The molecule has 0 saturated heterocycles. The first-order chi connectivity index (χ1) is 5.86. The summed E-state index contributed by atoms with van der Waals surface area (Å²) in [6, 6.07) is 0. The van der Waals surface area contributed by atoms with Gasteiger partial charge >= 0.3 is 11.9 Å². The highest BCUT2D eigenvalue weighted by Crippen LogP contribution is 2.11. The number of carbonyl (C=O) groups excluding carboxylic acids is 1. The fourth-order valence-corrected chi connectivity index (χ4v) is 0.739. The second kappa shape index (κ2) is 4.39. The molecule has 0 aromatic rings. The summed E-state index contributed by atoms with van der Waals surface area (Å²) >= 11 is 0. The molecular weight excluding hydrogens is 176 g/mol. The van der Waals surface area contributed by atoms with E-state index in [1.807, 2.05) is 0 Å². The molecule has 0 bridgehead atoms. The maximum Gasteiger partial charge on any atom is 0.330 e. The average molecular weight is 186 g/mol. The average Bonchev–Trinajstić information content (AvgIpc) is 1.97. The molecule has 72 valence electrons. The fraction of sp³-hybridized carbons (Fsp3) is 0.375. The molecule has 2 N–H and O–H groups in total. The minimum absolute atomic E-state index is 0.275. The fourth-order valence-electron chi connectivity index (χ4n) is 0.739. The Morgan fingerprint density at radius 3 is 2.00 bits per heavy atom. The molecule has 13 heavy (non-hydrogen) atoms. The van der Waals surface area contributed by atoms with Gasteiger partial charge in [-0.3, -0.25) is 9.59 Å². The van der Waals surface area contributed by atoms with E-state index in [0.29, 0.717) is 0 Å². The third-order valence-corrected chi connectivity index (χ3v) is 1.54. The van der Waals surface area contributed by atoms with Crippen LogP contribution in [0.1, 0.15) is 13.3 Å². The molecule has 0 amide bonds.